The summed E-state index contributed by atoms with van der Waals surface area (Å²) in [6.07, 6.45) is 0. The molecule has 134 valence electrons. The number of carbonyl (C=O) groups excluding carboxylic acids is 1. The Balaban J connectivity index is 1.95. The minimum absolute atomic E-state index is 0.0714. The second-order valence-corrected chi connectivity index (χ2v) is 7.38. The molecule has 2 aromatic rings. The van der Waals surface area contributed by atoms with E-state index < -0.39 is 15.9 Å². The van der Waals surface area contributed by atoms with Crippen LogP contribution in [-0.4, -0.2) is 39.3 Å². The number of hydrogen-bond acceptors (Lipinski definition) is 4. The third-order valence-electron chi connectivity index (χ3n) is 3.54. The quantitative estimate of drug-likeness (QED) is 0.810. The van der Waals surface area contributed by atoms with Crippen LogP contribution in [0.5, 0.6) is 5.75 Å². The van der Waals surface area contributed by atoms with Crippen molar-refractivity contribution in [2.24, 2.45) is 0 Å². The summed E-state index contributed by atoms with van der Waals surface area (Å²) >= 11 is 0. The Bertz CT molecular complexity index is 821. The predicted molar refractivity (Wildman–Crippen MR) is 91.1 cm³/mol. The first-order chi connectivity index (χ1) is 11.8. The number of rotatable bonds is 7. The number of sulfonamides is 1. The van der Waals surface area contributed by atoms with Gasteiger partial charge in [-0.25, -0.2) is 12.8 Å². The number of methoxy groups -OCH3 is 1. The number of amides is 1. The lowest BCUT2D eigenvalue weighted by Crippen LogP contribution is -2.38. The van der Waals surface area contributed by atoms with E-state index in [1.807, 2.05) is 0 Å². The highest BCUT2D eigenvalue weighted by atomic mass is 32.2. The molecule has 0 bridgehead atoms. The van der Waals surface area contributed by atoms with E-state index in [0.29, 0.717) is 5.75 Å². The van der Waals surface area contributed by atoms with E-state index in [0.717, 1.165) is 9.87 Å². The highest BCUT2D eigenvalue weighted by molar-refractivity contribution is 7.89. The number of nitrogens with zero attached hydrogens (tertiary/aromatic N) is 1. The summed E-state index contributed by atoms with van der Waals surface area (Å²) in [4.78, 5) is 12.0. The van der Waals surface area contributed by atoms with Crippen LogP contribution in [0.3, 0.4) is 0 Å². The van der Waals surface area contributed by atoms with E-state index in [-0.39, 0.29) is 23.8 Å². The smallest absolute Gasteiger partial charge is 0.243 e. The number of hydrogen-bond donors (Lipinski definition) is 1. The molecule has 0 aliphatic heterocycles. The van der Waals surface area contributed by atoms with Gasteiger partial charge in [-0.05, 0) is 42.0 Å². The van der Waals surface area contributed by atoms with Crippen molar-refractivity contribution >= 4 is 15.9 Å². The molecule has 0 fully saturated rings. The lowest BCUT2D eigenvalue weighted by atomic mass is 10.2. The monoisotopic (exact) mass is 366 g/mol. The molecule has 0 atom stereocenters. The van der Waals surface area contributed by atoms with Gasteiger partial charge < -0.3 is 10.1 Å². The number of halogens is 1. The van der Waals surface area contributed by atoms with Gasteiger partial charge in [0.15, 0.2) is 0 Å². The number of carbonyl (C=O) groups is 1. The summed E-state index contributed by atoms with van der Waals surface area (Å²) in [5, 5.41) is 2.60. The molecular weight excluding hydrogens is 347 g/mol. The van der Waals surface area contributed by atoms with Gasteiger partial charge in [-0.1, -0.05) is 12.1 Å². The SMILES string of the molecule is COc1ccc(S(=O)(=O)N(C)CC(=O)NCc2ccc(F)cc2)cc1. The lowest BCUT2D eigenvalue weighted by Gasteiger charge is -2.17. The molecule has 0 unspecified atom stereocenters. The molecule has 0 radical (unpaired) electrons. The maximum atomic E-state index is 12.8. The highest BCUT2D eigenvalue weighted by Crippen LogP contribution is 2.18. The Hall–Kier alpha value is -2.45. The molecule has 0 aromatic heterocycles. The van der Waals surface area contributed by atoms with Crippen LogP contribution in [0.4, 0.5) is 4.39 Å². The van der Waals surface area contributed by atoms with Crippen LogP contribution < -0.4 is 10.1 Å². The summed E-state index contributed by atoms with van der Waals surface area (Å²) in [5.41, 5.74) is 0.718. The first kappa shape index (κ1) is 18.9. The fraction of sp³-hybridized carbons (Fsp3) is 0.235. The molecule has 0 spiro atoms. The van der Waals surface area contributed by atoms with Gasteiger partial charge in [0.25, 0.3) is 0 Å². The molecular formula is C17H19FN2O4S. The van der Waals surface area contributed by atoms with Crippen LogP contribution in [0.2, 0.25) is 0 Å². The molecule has 0 aliphatic rings. The zero-order valence-corrected chi connectivity index (χ0v) is 14.7. The van der Waals surface area contributed by atoms with Crippen LogP contribution in [0.1, 0.15) is 5.56 Å². The third kappa shape index (κ3) is 5.01. The van der Waals surface area contributed by atoms with Crippen molar-refractivity contribution in [1.82, 2.24) is 9.62 Å². The first-order valence-electron chi connectivity index (χ1n) is 7.44. The molecule has 1 amide bonds. The zero-order valence-electron chi connectivity index (χ0n) is 13.9. The Morgan fingerprint density at radius 3 is 2.28 bits per heavy atom. The molecule has 0 aliphatic carbocycles. The largest absolute Gasteiger partial charge is 0.497 e. The summed E-state index contributed by atoms with van der Waals surface area (Å²) in [6.45, 7) is -0.134. The average Bonchev–Trinajstić information content (AvgIpc) is 2.61. The Kier molecular flexibility index (Phi) is 6.11. The van der Waals surface area contributed by atoms with E-state index in [1.54, 1.807) is 12.1 Å². The van der Waals surface area contributed by atoms with Crippen LogP contribution in [-0.2, 0) is 21.4 Å². The summed E-state index contributed by atoms with van der Waals surface area (Å²) in [7, 11) is -0.963. The van der Waals surface area contributed by atoms with Crippen LogP contribution in [0, 0.1) is 5.82 Å². The molecule has 1 N–H and O–H groups in total. The fourth-order valence-corrected chi connectivity index (χ4v) is 3.20. The zero-order chi connectivity index (χ0) is 18.4. The van der Waals surface area contributed by atoms with Crippen molar-refractivity contribution in [3.8, 4) is 5.75 Å². The molecule has 25 heavy (non-hydrogen) atoms. The highest BCUT2D eigenvalue weighted by Gasteiger charge is 2.22. The summed E-state index contributed by atoms with van der Waals surface area (Å²) in [6, 6.07) is 11.6. The van der Waals surface area contributed by atoms with E-state index in [9.17, 15) is 17.6 Å². The van der Waals surface area contributed by atoms with Crippen molar-refractivity contribution in [2.45, 2.75) is 11.4 Å². The van der Waals surface area contributed by atoms with Crippen molar-refractivity contribution in [2.75, 3.05) is 20.7 Å². The van der Waals surface area contributed by atoms with Gasteiger partial charge in [0.2, 0.25) is 15.9 Å². The van der Waals surface area contributed by atoms with Gasteiger partial charge >= 0.3 is 0 Å². The number of likely N-dealkylation sites (N-methyl/N-ethyl adjacent to an activating group) is 1. The summed E-state index contributed by atoms with van der Waals surface area (Å²) < 4.78 is 43.7. The van der Waals surface area contributed by atoms with Gasteiger partial charge in [-0.3, -0.25) is 4.79 Å². The maximum Gasteiger partial charge on any atom is 0.243 e. The van der Waals surface area contributed by atoms with Crippen molar-refractivity contribution < 1.29 is 22.3 Å². The Labute approximate surface area is 146 Å². The standard InChI is InChI=1S/C17H19FN2O4S/c1-20(25(22,23)16-9-7-15(24-2)8-10-16)12-17(21)19-11-13-3-5-14(18)6-4-13/h3-10H,11-12H2,1-2H3,(H,19,21). The maximum absolute atomic E-state index is 12.8. The minimum Gasteiger partial charge on any atom is -0.497 e. The molecule has 2 rings (SSSR count). The molecule has 0 saturated heterocycles. The second-order valence-electron chi connectivity index (χ2n) is 5.34. The van der Waals surface area contributed by atoms with E-state index in [4.69, 9.17) is 4.74 Å². The Morgan fingerprint density at radius 1 is 1.12 bits per heavy atom. The van der Waals surface area contributed by atoms with Gasteiger partial charge in [0.1, 0.15) is 11.6 Å². The normalized spacial score (nSPS) is 11.4. The van der Waals surface area contributed by atoms with Crippen LogP contribution >= 0.6 is 0 Å². The van der Waals surface area contributed by atoms with Crippen LogP contribution in [0.25, 0.3) is 0 Å². The molecule has 8 heteroatoms. The van der Waals surface area contributed by atoms with Gasteiger partial charge in [-0.15, -0.1) is 0 Å². The molecule has 0 saturated carbocycles. The number of benzene rings is 2. The average molecular weight is 366 g/mol. The van der Waals surface area contributed by atoms with E-state index >= 15 is 0 Å². The molecule has 2 aromatic carbocycles. The molecule has 6 nitrogen and oxygen atoms in total. The number of nitrogens with one attached hydrogen (secondary N) is 1. The van der Waals surface area contributed by atoms with Gasteiger partial charge in [-0.2, -0.15) is 4.31 Å². The fourth-order valence-electron chi connectivity index (χ4n) is 2.07. The van der Waals surface area contributed by atoms with E-state index in [1.165, 1.54) is 50.6 Å². The van der Waals surface area contributed by atoms with Gasteiger partial charge in [0, 0.05) is 13.6 Å². The third-order valence-corrected chi connectivity index (χ3v) is 5.35. The Morgan fingerprint density at radius 2 is 1.72 bits per heavy atom. The lowest BCUT2D eigenvalue weighted by molar-refractivity contribution is -0.121. The van der Waals surface area contributed by atoms with Gasteiger partial charge in [0.05, 0.1) is 18.6 Å². The molecule has 0 heterocycles. The van der Waals surface area contributed by atoms with Crippen LogP contribution in [0.15, 0.2) is 53.4 Å². The van der Waals surface area contributed by atoms with E-state index in [2.05, 4.69) is 5.32 Å². The second kappa shape index (κ2) is 8.09. The predicted octanol–water partition coefficient (Wildman–Crippen LogP) is 1.77. The van der Waals surface area contributed by atoms with Crippen molar-refractivity contribution in [3.63, 3.8) is 0 Å². The number of ether oxygens (including phenoxy) is 1. The van der Waals surface area contributed by atoms with Crippen molar-refractivity contribution in [3.05, 3.63) is 59.9 Å². The first-order valence-corrected chi connectivity index (χ1v) is 8.88. The minimum atomic E-state index is -3.78. The van der Waals surface area contributed by atoms with Crippen molar-refractivity contribution in [1.29, 1.82) is 0 Å². The topological polar surface area (TPSA) is 75.7 Å². The summed E-state index contributed by atoms with van der Waals surface area (Å²) in [5.74, 6) is -0.275.